The molecule has 0 amide bonds. The van der Waals surface area contributed by atoms with Crippen LogP contribution in [0.15, 0.2) is 18.2 Å². The molecule has 1 heterocycles. The van der Waals surface area contributed by atoms with E-state index >= 15 is 0 Å². The van der Waals surface area contributed by atoms with E-state index in [1.807, 2.05) is 13.0 Å². The van der Waals surface area contributed by atoms with Gasteiger partial charge in [-0.3, -0.25) is 0 Å². The lowest BCUT2D eigenvalue weighted by Gasteiger charge is -2.15. The minimum Gasteiger partial charge on any atom is -0.478 e. The Kier molecular flexibility index (Phi) is 3.85. The molecule has 0 radical (unpaired) electrons. The molecule has 2 aromatic rings. The molecule has 1 unspecified atom stereocenters. The molecule has 1 aromatic carbocycles. The number of imidazole rings is 1. The zero-order valence-electron chi connectivity index (χ0n) is 11.4. The lowest BCUT2D eigenvalue weighted by atomic mass is 10.2. The van der Waals surface area contributed by atoms with Crippen molar-refractivity contribution < 1.29 is 14.6 Å². The highest BCUT2D eigenvalue weighted by Crippen LogP contribution is 2.23. The van der Waals surface area contributed by atoms with Crippen LogP contribution in [-0.4, -0.2) is 34.3 Å². The number of methoxy groups -OCH3 is 1. The summed E-state index contributed by atoms with van der Waals surface area (Å²) < 4.78 is 7.23. The van der Waals surface area contributed by atoms with Crippen molar-refractivity contribution in [3.8, 4) is 0 Å². The number of hydrogen-bond acceptors (Lipinski definition) is 3. The monoisotopic (exact) mass is 262 g/mol. The molecular formula is C14H18N2O3. The number of carbonyl (C=O) groups is 1. The lowest BCUT2D eigenvalue weighted by Crippen LogP contribution is -2.09. The van der Waals surface area contributed by atoms with Crippen molar-refractivity contribution in [3.05, 3.63) is 29.6 Å². The highest BCUT2D eigenvalue weighted by Gasteiger charge is 2.14. The third-order valence-corrected chi connectivity index (χ3v) is 3.29. The summed E-state index contributed by atoms with van der Waals surface area (Å²) in [7, 11) is 1.69. The summed E-state index contributed by atoms with van der Waals surface area (Å²) in [6.07, 6.45) is 0.892. The molecule has 5 nitrogen and oxygen atoms in total. The number of hydrogen-bond donors (Lipinski definition) is 1. The predicted octanol–water partition coefficient (Wildman–Crippen LogP) is 2.64. The van der Waals surface area contributed by atoms with Crippen molar-refractivity contribution in [2.45, 2.75) is 26.3 Å². The minimum atomic E-state index is -0.929. The third-order valence-electron chi connectivity index (χ3n) is 3.29. The first-order valence-electron chi connectivity index (χ1n) is 6.25. The van der Waals surface area contributed by atoms with E-state index in [1.165, 1.54) is 0 Å². The second-order valence-electron chi connectivity index (χ2n) is 4.67. The number of carboxylic acids is 1. The van der Waals surface area contributed by atoms with E-state index in [1.54, 1.807) is 19.2 Å². The fourth-order valence-electron chi connectivity index (χ4n) is 2.33. The van der Waals surface area contributed by atoms with Gasteiger partial charge in [-0.05, 0) is 38.5 Å². The fourth-order valence-corrected chi connectivity index (χ4v) is 2.33. The molecule has 19 heavy (non-hydrogen) atoms. The maximum Gasteiger partial charge on any atom is 0.335 e. The van der Waals surface area contributed by atoms with E-state index in [9.17, 15) is 4.79 Å². The van der Waals surface area contributed by atoms with Crippen molar-refractivity contribution in [1.82, 2.24) is 9.55 Å². The maximum atomic E-state index is 11.0. The Balaban J connectivity index is 2.44. The minimum absolute atomic E-state index is 0.264. The summed E-state index contributed by atoms with van der Waals surface area (Å²) in [5, 5.41) is 8.99. The van der Waals surface area contributed by atoms with E-state index in [2.05, 4.69) is 16.5 Å². The van der Waals surface area contributed by atoms with Crippen LogP contribution in [0.5, 0.6) is 0 Å². The highest BCUT2D eigenvalue weighted by atomic mass is 16.5. The van der Waals surface area contributed by atoms with Crippen LogP contribution in [0.3, 0.4) is 0 Å². The van der Waals surface area contributed by atoms with Crippen molar-refractivity contribution in [1.29, 1.82) is 0 Å². The molecule has 0 aliphatic carbocycles. The van der Waals surface area contributed by atoms with Crippen LogP contribution in [0.25, 0.3) is 11.0 Å². The molecule has 102 valence electrons. The van der Waals surface area contributed by atoms with E-state index in [0.717, 1.165) is 23.3 Å². The summed E-state index contributed by atoms with van der Waals surface area (Å²) in [6, 6.07) is 5.32. The van der Waals surface area contributed by atoms with E-state index in [-0.39, 0.29) is 11.6 Å². The van der Waals surface area contributed by atoms with Crippen LogP contribution in [0, 0.1) is 6.92 Å². The number of nitrogens with zero attached hydrogens (tertiary/aromatic N) is 2. The van der Waals surface area contributed by atoms with Gasteiger partial charge in [0.2, 0.25) is 0 Å². The van der Waals surface area contributed by atoms with Crippen molar-refractivity contribution >= 4 is 17.0 Å². The molecule has 0 aliphatic heterocycles. The summed E-state index contributed by atoms with van der Waals surface area (Å²) in [5.74, 6) is -0.0392. The Hall–Kier alpha value is -1.88. The van der Waals surface area contributed by atoms with Gasteiger partial charge in [-0.1, -0.05) is 0 Å². The molecule has 0 saturated carbocycles. The second kappa shape index (κ2) is 5.40. The van der Waals surface area contributed by atoms with Gasteiger partial charge >= 0.3 is 5.97 Å². The summed E-state index contributed by atoms with van der Waals surface area (Å²) >= 11 is 0. The first-order valence-corrected chi connectivity index (χ1v) is 6.25. The number of ether oxygens (including phenoxy) is 1. The number of benzene rings is 1. The zero-order chi connectivity index (χ0) is 14.0. The zero-order valence-corrected chi connectivity index (χ0v) is 11.4. The number of aryl methyl sites for hydroxylation is 1. The molecular weight excluding hydrogens is 244 g/mol. The largest absolute Gasteiger partial charge is 0.478 e. The SMILES string of the molecule is COCCC(C)n1c(C)nc2cc(C(=O)O)ccc21. The van der Waals surface area contributed by atoms with Crippen LogP contribution < -0.4 is 0 Å². The predicted molar refractivity (Wildman–Crippen MR) is 72.6 cm³/mol. The van der Waals surface area contributed by atoms with Gasteiger partial charge in [0.25, 0.3) is 0 Å². The second-order valence-corrected chi connectivity index (χ2v) is 4.67. The van der Waals surface area contributed by atoms with Crippen LogP contribution in [0.2, 0.25) is 0 Å². The standard InChI is InChI=1S/C14H18N2O3/c1-9(6-7-19-3)16-10(2)15-12-8-11(14(17)18)4-5-13(12)16/h4-5,8-9H,6-7H2,1-3H3,(H,17,18). The van der Waals surface area contributed by atoms with Crippen molar-refractivity contribution in [2.75, 3.05) is 13.7 Å². The van der Waals surface area contributed by atoms with Crippen LogP contribution in [0.1, 0.15) is 35.6 Å². The Morgan fingerprint density at radius 1 is 1.53 bits per heavy atom. The Morgan fingerprint density at radius 2 is 2.26 bits per heavy atom. The molecule has 1 aromatic heterocycles. The van der Waals surface area contributed by atoms with Gasteiger partial charge in [-0.15, -0.1) is 0 Å². The quantitative estimate of drug-likeness (QED) is 0.899. The number of aromatic nitrogens is 2. The summed E-state index contributed by atoms with van der Waals surface area (Å²) in [5.41, 5.74) is 1.95. The van der Waals surface area contributed by atoms with E-state index in [4.69, 9.17) is 9.84 Å². The number of carboxylic acid groups (broad SMARTS) is 1. The number of fused-ring (bicyclic) bond motifs is 1. The Morgan fingerprint density at radius 3 is 2.89 bits per heavy atom. The van der Waals surface area contributed by atoms with Gasteiger partial charge in [0.05, 0.1) is 16.6 Å². The molecule has 2 rings (SSSR count). The summed E-state index contributed by atoms with van der Waals surface area (Å²) in [6.45, 7) is 4.73. The van der Waals surface area contributed by atoms with Gasteiger partial charge in [-0.2, -0.15) is 0 Å². The van der Waals surface area contributed by atoms with Gasteiger partial charge in [0.1, 0.15) is 5.82 Å². The van der Waals surface area contributed by atoms with Gasteiger partial charge < -0.3 is 14.4 Å². The topological polar surface area (TPSA) is 64.4 Å². The molecule has 0 bridgehead atoms. The molecule has 0 aliphatic rings. The Bertz CT molecular complexity index is 604. The molecule has 0 spiro atoms. The number of rotatable bonds is 5. The third kappa shape index (κ3) is 2.61. The van der Waals surface area contributed by atoms with Gasteiger partial charge in [0.15, 0.2) is 0 Å². The lowest BCUT2D eigenvalue weighted by molar-refractivity contribution is 0.0697. The van der Waals surface area contributed by atoms with Crippen LogP contribution in [-0.2, 0) is 4.74 Å². The van der Waals surface area contributed by atoms with Gasteiger partial charge in [0, 0.05) is 19.8 Å². The van der Waals surface area contributed by atoms with Crippen molar-refractivity contribution in [2.24, 2.45) is 0 Å². The summed E-state index contributed by atoms with van der Waals surface area (Å²) in [4.78, 5) is 15.4. The average molecular weight is 262 g/mol. The molecule has 0 fully saturated rings. The molecule has 0 saturated heterocycles. The maximum absolute atomic E-state index is 11.0. The highest BCUT2D eigenvalue weighted by molar-refractivity contribution is 5.92. The van der Waals surface area contributed by atoms with Crippen LogP contribution in [0.4, 0.5) is 0 Å². The Labute approximate surface area is 111 Å². The average Bonchev–Trinajstić information content (AvgIpc) is 2.70. The van der Waals surface area contributed by atoms with Crippen molar-refractivity contribution in [3.63, 3.8) is 0 Å². The first kappa shape index (κ1) is 13.5. The van der Waals surface area contributed by atoms with Crippen LogP contribution >= 0.6 is 0 Å². The first-order chi connectivity index (χ1) is 9.04. The fraction of sp³-hybridized carbons (Fsp3) is 0.429. The number of aromatic carboxylic acids is 1. The molecule has 1 N–H and O–H groups in total. The van der Waals surface area contributed by atoms with Gasteiger partial charge in [-0.25, -0.2) is 9.78 Å². The van der Waals surface area contributed by atoms with E-state index < -0.39 is 5.97 Å². The molecule has 1 atom stereocenters. The van der Waals surface area contributed by atoms with E-state index in [0.29, 0.717) is 6.61 Å². The molecule has 5 heteroatoms. The smallest absolute Gasteiger partial charge is 0.335 e. The normalized spacial score (nSPS) is 12.8.